The SMILES string of the molecule is COC(=O)c1cc(N2CCC(C)CC2)c(F)cc1[N+](=O)[O-]. The Labute approximate surface area is 121 Å². The van der Waals surface area contributed by atoms with Crippen LogP contribution in [0.5, 0.6) is 0 Å². The number of nitro benzene ring substituents is 1. The molecule has 0 amide bonds. The largest absolute Gasteiger partial charge is 0.465 e. The standard InChI is InChI=1S/C14H17FN2O4/c1-9-3-5-16(6-4-9)13-7-10(14(18)21-2)12(17(19)20)8-11(13)15/h7-9H,3-6H2,1-2H3. The summed E-state index contributed by atoms with van der Waals surface area (Å²) in [7, 11) is 1.14. The van der Waals surface area contributed by atoms with Crippen LogP contribution in [0, 0.1) is 21.8 Å². The summed E-state index contributed by atoms with van der Waals surface area (Å²) >= 11 is 0. The molecule has 0 radical (unpaired) electrons. The lowest BCUT2D eigenvalue weighted by Crippen LogP contribution is -2.33. The normalized spacial score (nSPS) is 15.9. The van der Waals surface area contributed by atoms with Crippen molar-refractivity contribution in [3.8, 4) is 0 Å². The summed E-state index contributed by atoms with van der Waals surface area (Å²) in [5, 5.41) is 10.9. The van der Waals surface area contributed by atoms with Gasteiger partial charge in [0.25, 0.3) is 5.69 Å². The fourth-order valence-electron chi connectivity index (χ4n) is 2.47. The van der Waals surface area contributed by atoms with Gasteiger partial charge in [0.2, 0.25) is 0 Å². The van der Waals surface area contributed by atoms with E-state index in [0.717, 1.165) is 26.0 Å². The molecule has 0 saturated carbocycles. The van der Waals surface area contributed by atoms with Gasteiger partial charge in [-0.15, -0.1) is 0 Å². The molecule has 0 spiro atoms. The highest BCUT2D eigenvalue weighted by atomic mass is 19.1. The molecule has 0 N–H and O–H groups in total. The first-order valence-corrected chi connectivity index (χ1v) is 6.75. The Bertz CT molecular complexity index is 568. The molecule has 7 heteroatoms. The third-order valence-electron chi connectivity index (χ3n) is 3.79. The van der Waals surface area contributed by atoms with Gasteiger partial charge in [0.05, 0.1) is 23.8 Å². The zero-order valence-corrected chi connectivity index (χ0v) is 12.0. The number of halogens is 1. The molecule has 0 atom stereocenters. The Morgan fingerprint density at radius 3 is 2.57 bits per heavy atom. The molecule has 21 heavy (non-hydrogen) atoms. The molecule has 0 bridgehead atoms. The lowest BCUT2D eigenvalue weighted by Gasteiger charge is -2.32. The van der Waals surface area contributed by atoms with Gasteiger partial charge in [-0.1, -0.05) is 6.92 Å². The van der Waals surface area contributed by atoms with Crippen LogP contribution in [0.2, 0.25) is 0 Å². The Morgan fingerprint density at radius 1 is 1.43 bits per heavy atom. The molecule has 1 fully saturated rings. The smallest absolute Gasteiger partial charge is 0.344 e. The van der Waals surface area contributed by atoms with Gasteiger partial charge < -0.3 is 9.64 Å². The molecule has 0 aromatic heterocycles. The average Bonchev–Trinajstić information content (AvgIpc) is 2.47. The van der Waals surface area contributed by atoms with Gasteiger partial charge in [0.15, 0.2) is 5.82 Å². The van der Waals surface area contributed by atoms with E-state index in [-0.39, 0.29) is 11.3 Å². The summed E-state index contributed by atoms with van der Waals surface area (Å²) in [6.07, 6.45) is 1.84. The molecule has 2 rings (SSSR count). The molecular formula is C14H17FN2O4. The number of anilines is 1. The van der Waals surface area contributed by atoms with Crippen LogP contribution in [0.3, 0.4) is 0 Å². The number of methoxy groups -OCH3 is 1. The number of hydrogen-bond acceptors (Lipinski definition) is 5. The average molecular weight is 296 g/mol. The van der Waals surface area contributed by atoms with E-state index < -0.39 is 22.4 Å². The Balaban J connectivity index is 2.43. The lowest BCUT2D eigenvalue weighted by molar-refractivity contribution is -0.385. The number of piperidine rings is 1. The summed E-state index contributed by atoms with van der Waals surface area (Å²) in [6.45, 7) is 3.45. The van der Waals surface area contributed by atoms with Gasteiger partial charge in [0.1, 0.15) is 5.56 Å². The number of carbonyl (C=O) groups is 1. The van der Waals surface area contributed by atoms with Crippen LogP contribution in [0.15, 0.2) is 12.1 Å². The minimum absolute atomic E-state index is 0.216. The number of hydrogen-bond donors (Lipinski definition) is 0. The van der Waals surface area contributed by atoms with Gasteiger partial charge in [-0.2, -0.15) is 0 Å². The predicted molar refractivity (Wildman–Crippen MR) is 75.0 cm³/mol. The van der Waals surface area contributed by atoms with Crippen molar-refractivity contribution in [3.05, 3.63) is 33.6 Å². The molecule has 0 unspecified atom stereocenters. The molecule has 1 saturated heterocycles. The van der Waals surface area contributed by atoms with Crippen LogP contribution in [-0.4, -0.2) is 31.1 Å². The summed E-state index contributed by atoms with van der Waals surface area (Å²) in [6, 6.07) is 2.01. The van der Waals surface area contributed by atoms with Crippen LogP contribution < -0.4 is 4.90 Å². The molecule has 114 valence electrons. The maximum absolute atomic E-state index is 14.1. The van der Waals surface area contributed by atoms with Crippen molar-refractivity contribution in [2.75, 3.05) is 25.1 Å². The first kappa shape index (κ1) is 15.2. The topological polar surface area (TPSA) is 72.7 Å². The van der Waals surface area contributed by atoms with Crippen LogP contribution in [0.4, 0.5) is 15.8 Å². The molecule has 1 aliphatic rings. The second-order valence-electron chi connectivity index (χ2n) is 5.24. The Hall–Kier alpha value is -2.18. The van der Waals surface area contributed by atoms with Crippen molar-refractivity contribution in [1.82, 2.24) is 0 Å². The maximum Gasteiger partial charge on any atom is 0.344 e. The van der Waals surface area contributed by atoms with Gasteiger partial charge in [-0.05, 0) is 24.8 Å². The van der Waals surface area contributed by atoms with Gasteiger partial charge >= 0.3 is 5.97 Å². The third-order valence-corrected chi connectivity index (χ3v) is 3.79. The van der Waals surface area contributed by atoms with E-state index >= 15 is 0 Å². The molecule has 0 aliphatic carbocycles. The van der Waals surface area contributed by atoms with Crippen LogP contribution in [-0.2, 0) is 4.74 Å². The maximum atomic E-state index is 14.1. The van der Waals surface area contributed by atoms with E-state index in [1.807, 2.05) is 4.90 Å². The first-order chi connectivity index (χ1) is 9.93. The van der Waals surface area contributed by atoms with Crippen LogP contribution in [0.1, 0.15) is 30.1 Å². The molecule has 1 aromatic carbocycles. The summed E-state index contributed by atoms with van der Waals surface area (Å²) in [4.78, 5) is 23.6. The molecule has 1 aliphatic heterocycles. The predicted octanol–water partition coefficient (Wildman–Crippen LogP) is 2.76. The molecule has 1 aromatic rings. The van der Waals surface area contributed by atoms with E-state index in [9.17, 15) is 19.3 Å². The van der Waals surface area contributed by atoms with E-state index in [1.54, 1.807) is 0 Å². The Morgan fingerprint density at radius 2 is 2.05 bits per heavy atom. The fourth-order valence-corrected chi connectivity index (χ4v) is 2.47. The van der Waals surface area contributed by atoms with Crippen LogP contribution >= 0.6 is 0 Å². The number of esters is 1. The third kappa shape index (κ3) is 3.12. The monoisotopic (exact) mass is 296 g/mol. The highest BCUT2D eigenvalue weighted by Gasteiger charge is 2.27. The van der Waals surface area contributed by atoms with Crippen molar-refractivity contribution in [3.63, 3.8) is 0 Å². The van der Waals surface area contributed by atoms with Gasteiger partial charge in [-0.25, -0.2) is 9.18 Å². The molecular weight excluding hydrogens is 279 g/mol. The van der Waals surface area contributed by atoms with Gasteiger partial charge in [-0.3, -0.25) is 10.1 Å². The zero-order chi connectivity index (χ0) is 15.6. The summed E-state index contributed by atoms with van der Waals surface area (Å²) in [5.41, 5.74) is -0.584. The van der Waals surface area contributed by atoms with Crippen molar-refractivity contribution < 1.29 is 18.8 Å². The van der Waals surface area contributed by atoms with E-state index in [1.165, 1.54) is 6.07 Å². The van der Waals surface area contributed by atoms with Crippen molar-refractivity contribution >= 4 is 17.3 Å². The van der Waals surface area contributed by atoms with Crippen molar-refractivity contribution in [1.29, 1.82) is 0 Å². The number of nitrogens with zero attached hydrogens (tertiary/aromatic N) is 2. The van der Waals surface area contributed by atoms with E-state index in [4.69, 9.17) is 0 Å². The first-order valence-electron chi connectivity index (χ1n) is 6.75. The van der Waals surface area contributed by atoms with Crippen LogP contribution in [0.25, 0.3) is 0 Å². The van der Waals surface area contributed by atoms with Crippen molar-refractivity contribution in [2.24, 2.45) is 5.92 Å². The summed E-state index contributed by atoms with van der Waals surface area (Å²) in [5.74, 6) is -0.959. The second kappa shape index (κ2) is 6.07. The van der Waals surface area contributed by atoms with E-state index in [0.29, 0.717) is 19.0 Å². The molecule has 1 heterocycles. The van der Waals surface area contributed by atoms with Gasteiger partial charge in [0, 0.05) is 13.1 Å². The second-order valence-corrected chi connectivity index (χ2v) is 5.24. The minimum atomic E-state index is -0.840. The highest BCUT2D eigenvalue weighted by Crippen LogP contribution is 2.31. The number of ether oxygens (including phenoxy) is 1. The van der Waals surface area contributed by atoms with Crippen molar-refractivity contribution in [2.45, 2.75) is 19.8 Å². The zero-order valence-electron chi connectivity index (χ0n) is 12.0. The number of carbonyl (C=O) groups excluding carboxylic acids is 1. The Kier molecular flexibility index (Phi) is 4.40. The summed E-state index contributed by atoms with van der Waals surface area (Å²) < 4.78 is 18.7. The highest BCUT2D eigenvalue weighted by molar-refractivity contribution is 5.95. The quantitative estimate of drug-likeness (QED) is 0.487. The number of rotatable bonds is 3. The number of benzene rings is 1. The number of nitro groups is 1. The molecule has 6 nitrogen and oxygen atoms in total. The van der Waals surface area contributed by atoms with E-state index in [2.05, 4.69) is 11.7 Å². The fraction of sp³-hybridized carbons (Fsp3) is 0.500. The minimum Gasteiger partial charge on any atom is -0.465 e. The lowest BCUT2D eigenvalue weighted by atomic mass is 9.98.